The Bertz CT molecular complexity index is 743. The Morgan fingerprint density at radius 2 is 1.80 bits per heavy atom. The average molecular weight is 362 g/mol. The van der Waals surface area contributed by atoms with Gasteiger partial charge >= 0.3 is 0 Å². The molecule has 1 aliphatic rings. The molecule has 2 aromatic rings. The van der Waals surface area contributed by atoms with Gasteiger partial charge in [-0.2, -0.15) is 0 Å². The van der Waals surface area contributed by atoms with E-state index < -0.39 is 0 Å². The van der Waals surface area contributed by atoms with E-state index in [1.54, 1.807) is 12.1 Å². The molecule has 132 valence electrons. The summed E-state index contributed by atoms with van der Waals surface area (Å²) in [5, 5.41) is 3.57. The fraction of sp³-hybridized carbons (Fsp3) is 0.316. The van der Waals surface area contributed by atoms with E-state index in [-0.39, 0.29) is 11.7 Å². The highest BCUT2D eigenvalue weighted by atomic mass is 35.5. The van der Waals surface area contributed by atoms with Crippen molar-refractivity contribution in [1.29, 1.82) is 0 Å². The van der Waals surface area contributed by atoms with Gasteiger partial charge in [-0.1, -0.05) is 17.7 Å². The van der Waals surface area contributed by atoms with E-state index in [0.29, 0.717) is 12.2 Å². The summed E-state index contributed by atoms with van der Waals surface area (Å²) in [6, 6.07) is 11.7. The van der Waals surface area contributed by atoms with Gasteiger partial charge in [0.15, 0.2) is 0 Å². The maximum atomic E-state index is 12.9. The summed E-state index contributed by atoms with van der Waals surface area (Å²) in [6.45, 7) is 5.68. The monoisotopic (exact) mass is 361 g/mol. The lowest BCUT2D eigenvalue weighted by atomic mass is 10.1. The largest absolute Gasteiger partial charge is 0.369 e. The van der Waals surface area contributed by atoms with Crippen LogP contribution in [0.5, 0.6) is 0 Å². The molecule has 1 aliphatic heterocycles. The summed E-state index contributed by atoms with van der Waals surface area (Å²) in [5.41, 5.74) is 2.86. The van der Waals surface area contributed by atoms with Gasteiger partial charge in [-0.25, -0.2) is 4.39 Å². The Kier molecular flexibility index (Phi) is 5.56. The molecule has 4 nitrogen and oxygen atoms in total. The molecule has 1 N–H and O–H groups in total. The van der Waals surface area contributed by atoms with Gasteiger partial charge < -0.3 is 10.2 Å². The van der Waals surface area contributed by atoms with Crippen LogP contribution in [0.3, 0.4) is 0 Å². The minimum atomic E-state index is -0.314. The summed E-state index contributed by atoms with van der Waals surface area (Å²) < 4.78 is 12.9. The molecule has 6 heteroatoms. The number of rotatable bonds is 4. The highest BCUT2D eigenvalue weighted by molar-refractivity contribution is 6.31. The molecule has 1 amide bonds. The van der Waals surface area contributed by atoms with Crippen LogP contribution in [0, 0.1) is 12.7 Å². The Morgan fingerprint density at radius 3 is 2.48 bits per heavy atom. The molecule has 25 heavy (non-hydrogen) atoms. The number of piperazine rings is 1. The number of carbonyl (C=O) groups excluding carboxylic acids is 1. The number of benzene rings is 2. The molecular weight excluding hydrogens is 341 g/mol. The van der Waals surface area contributed by atoms with Crippen molar-refractivity contribution in [2.24, 2.45) is 0 Å². The van der Waals surface area contributed by atoms with Gasteiger partial charge in [-0.3, -0.25) is 9.69 Å². The zero-order valence-corrected chi connectivity index (χ0v) is 14.9. The van der Waals surface area contributed by atoms with Crippen LogP contribution < -0.4 is 10.2 Å². The summed E-state index contributed by atoms with van der Waals surface area (Å²) in [7, 11) is 0. The summed E-state index contributed by atoms with van der Waals surface area (Å²) in [4.78, 5) is 16.6. The van der Waals surface area contributed by atoms with E-state index in [2.05, 4.69) is 21.2 Å². The first-order chi connectivity index (χ1) is 12.0. The Morgan fingerprint density at radius 1 is 1.12 bits per heavy atom. The van der Waals surface area contributed by atoms with Crippen molar-refractivity contribution in [1.82, 2.24) is 4.90 Å². The number of halogens is 2. The molecule has 3 rings (SSSR count). The molecule has 0 aromatic heterocycles. The molecule has 0 aliphatic carbocycles. The minimum Gasteiger partial charge on any atom is -0.369 e. The van der Waals surface area contributed by atoms with Crippen LogP contribution in [0.15, 0.2) is 42.5 Å². The standard InChI is InChI=1S/C19H21ClFN3O/c1-14-17(20)3-2-4-18(14)24-11-9-23(10-12-24)13-19(25)22-16-7-5-15(21)6-8-16/h2-8H,9-13H2,1H3,(H,22,25). The zero-order valence-electron chi connectivity index (χ0n) is 14.1. The predicted octanol–water partition coefficient (Wildman–Crippen LogP) is 3.55. The Labute approximate surface area is 152 Å². The lowest BCUT2D eigenvalue weighted by Gasteiger charge is -2.36. The van der Waals surface area contributed by atoms with Crippen LogP contribution in [0.25, 0.3) is 0 Å². The SMILES string of the molecule is Cc1c(Cl)cccc1N1CCN(CC(=O)Nc2ccc(F)cc2)CC1. The van der Waals surface area contributed by atoms with Crippen molar-refractivity contribution < 1.29 is 9.18 Å². The number of anilines is 2. The highest BCUT2D eigenvalue weighted by Gasteiger charge is 2.20. The molecule has 0 saturated carbocycles. The second-order valence-electron chi connectivity index (χ2n) is 6.20. The van der Waals surface area contributed by atoms with Crippen molar-refractivity contribution in [2.75, 3.05) is 42.9 Å². The molecule has 1 heterocycles. The van der Waals surface area contributed by atoms with Crippen molar-refractivity contribution in [3.63, 3.8) is 0 Å². The third-order valence-corrected chi connectivity index (χ3v) is 4.86. The first-order valence-electron chi connectivity index (χ1n) is 8.31. The van der Waals surface area contributed by atoms with Crippen LogP contribution in [0.1, 0.15) is 5.56 Å². The number of carbonyl (C=O) groups is 1. The molecule has 1 fully saturated rings. The van der Waals surface area contributed by atoms with Gasteiger partial charge in [0.2, 0.25) is 5.91 Å². The number of amides is 1. The Hall–Kier alpha value is -2.11. The highest BCUT2D eigenvalue weighted by Crippen LogP contribution is 2.27. The maximum absolute atomic E-state index is 12.9. The number of nitrogens with one attached hydrogen (secondary N) is 1. The first-order valence-corrected chi connectivity index (χ1v) is 8.68. The third kappa shape index (κ3) is 4.50. The zero-order chi connectivity index (χ0) is 17.8. The van der Waals surface area contributed by atoms with Crippen molar-refractivity contribution in [2.45, 2.75) is 6.92 Å². The molecule has 0 bridgehead atoms. The van der Waals surface area contributed by atoms with E-state index in [1.807, 2.05) is 19.1 Å². The van der Waals surface area contributed by atoms with Crippen LogP contribution >= 0.6 is 11.6 Å². The lowest BCUT2D eigenvalue weighted by molar-refractivity contribution is -0.117. The molecule has 2 aromatic carbocycles. The van der Waals surface area contributed by atoms with E-state index in [1.165, 1.54) is 12.1 Å². The fourth-order valence-electron chi connectivity index (χ4n) is 3.02. The fourth-order valence-corrected chi connectivity index (χ4v) is 3.19. The summed E-state index contributed by atoms with van der Waals surface area (Å²) in [5.74, 6) is -0.399. The quantitative estimate of drug-likeness (QED) is 0.904. The van der Waals surface area contributed by atoms with Gasteiger partial charge in [-0.15, -0.1) is 0 Å². The van der Waals surface area contributed by atoms with Gasteiger partial charge in [0.1, 0.15) is 5.82 Å². The van der Waals surface area contributed by atoms with Crippen molar-refractivity contribution >= 4 is 28.9 Å². The number of hydrogen-bond donors (Lipinski definition) is 1. The normalized spacial score (nSPS) is 15.2. The van der Waals surface area contributed by atoms with Gasteiger partial charge in [-0.05, 0) is 48.9 Å². The van der Waals surface area contributed by atoms with E-state index in [9.17, 15) is 9.18 Å². The molecule has 0 unspecified atom stereocenters. The summed E-state index contributed by atoms with van der Waals surface area (Å²) in [6.07, 6.45) is 0. The second-order valence-corrected chi connectivity index (χ2v) is 6.61. The number of hydrogen-bond acceptors (Lipinski definition) is 3. The van der Waals surface area contributed by atoms with Crippen LogP contribution in [-0.4, -0.2) is 43.5 Å². The lowest BCUT2D eigenvalue weighted by Crippen LogP contribution is -2.48. The predicted molar refractivity (Wildman–Crippen MR) is 99.9 cm³/mol. The van der Waals surface area contributed by atoms with Crippen LogP contribution in [-0.2, 0) is 4.79 Å². The van der Waals surface area contributed by atoms with Gasteiger partial charge in [0.25, 0.3) is 0 Å². The number of nitrogens with zero attached hydrogens (tertiary/aromatic N) is 2. The van der Waals surface area contributed by atoms with E-state index >= 15 is 0 Å². The minimum absolute atomic E-state index is 0.0843. The van der Waals surface area contributed by atoms with Crippen molar-refractivity contribution in [3.8, 4) is 0 Å². The van der Waals surface area contributed by atoms with E-state index in [0.717, 1.165) is 42.5 Å². The Balaban J connectivity index is 1.51. The molecule has 0 radical (unpaired) electrons. The van der Waals surface area contributed by atoms with Crippen LogP contribution in [0.2, 0.25) is 5.02 Å². The summed E-state index contributed by atoms with van der Waals surface area (Å²) >= 11 is 6.20. The van der Waals surface area contributed by atoms with E-state index in [4.69, 9.17) is 11.6 Å². The maximum Gasteiger partial charge on any atom is 0.238 e. The van der Waals surface area contributed by atoms with Gasteiger partial charge in [0, 0.05) is 42.6 Å². The molecule has 0 spiro atoms. The van der Waals surface area contributed by atoms with Crippen molar-refractivity contribution in [3.05, 3.63) is 58.9 Å². The van der Waals surface area contributed by atoms with Gasteiger partial charge in [0.05, 0.1) is 6.54 Å². The van der Waals surface area contributed by atoms with Crippen LogP contribution in [0.4, 0.5) is 15.8 Å². The molecule has 0 atom stereocenters. The smallest absolute Gasteiger partial charge is 0.238 e. The second kappa shape index (κ2) is 7.85. The topological polar surface area (TPSA) is 35.6 Å². The average Bonchev–Trinajstić information content (AvgIpc) is 2.60. The third-order valence-electron chi connectivity index (χ3n) is 4.45. The molecule has 1 saturated heterocycles. The first kappa shape index (κ1) is 17.7. The molecular formula is C19H21ClFN3O.